The average Bonchev–Trinajstić information content (AvgIpc) is 2.59. The smallest absolute Gasteiger partial charge is 0.101 e. The van der Waals surface area contributed by atoms with E-state index in [2.05, 4.69) is 24.8 Å². The van der Waals surface area contributed by atoms with E-state index in [0.717, 1.165) is 18.8 Å². The average molecular weight is 235 g/mol. The van der Waals surface area contributed by atoms with E-state index in [1.54, 1.807) is 12.1 Å². The minimum atomic E-state index is 0.672. The minimum absolute atomic E-state index is 0.672. The second kappa shape index (κ2) is 4.35. The molecule has 1 saturated heterocycles. The van der Waals surface area contributed by atoms with Crippen molar-refractivity contribution in [3.8, 4) is 6.07 Å². The molecule has 0 spiro atoms. The van der Waals surface area contributed by atoms with E-state index in [-0.39, 0.29) is 0 Å². The van der Waals surface area contributed by atoms with Crippen LogP contribution >= 0.6 is 11.6 Å². The minimum Gasteiger partial charge on any atom is -0.370 e. The SMILES string of the molecule is CC1CN(c2cc(Cl)ccc2C#N)CC1C. The van der Waals surface area contributed by atoms with Crippen molar-refractivity contribution in [1.82, 2.24) is 0 Å². The third-order valence-corrected chi connectivity index (χ3v) is 3.64. The Morgan fingerprint density at radius 2 is 1.94 bits per heavy atom. The number of rotatable bonds is 1. The van der Waals surface area contributed by atoms with Crippen LogP contribution in [0.5, 0.6) is 0 Å². The Hall–Kier alpha value is -1.20. The van der Waals surface area contributed by atoms with Crippen molar-refractivity contribution < 1.29 is 0 Å². The number of halogens is 1. The maximum Gasteiger partial charge on any atom is 0.101 e. The molecule has 1 heterocycles. The fourth-order valence-corrected chi connectivity index (χ4v) is 2.35. The highest BCUT2D eigenvalue weighted by atomic mass is 35.5. The molecule has 2 unspecified atom stereocenters. The quantitative estimate of drug-likeness (QED) is 0.746. The van der Waals surface area contributed by atoms with E-state index in [4.69, 9.17) is 16.9 Å². The molecule has 0 aliphatic carbocycles. The molecule has 2 atom stereocenters. The summed E-state index contributed by atoms with van der Waals surface area (Å²) in [5.74, 6) is 1.34. The lowest BCUT2D eigenvalue weighted by molar-refractivity contribution is 0.494. The van der Waals surface area contributed by atoms with Gasteiger partial charge in [0.05, 0.1) is 11.3 Å². The van der Waals surface area contributed by atoms with Gasteiger partial charge >= 0.3 is 0 Å². The Morgan fingerprint density at radius 1 is 1.31 bits per heavy atom. The first-order valence-corrected chi connectivity index (χ1v) is 5.94. The molecule has 84 valence electrons. The Kier molecular flexibility index (Phi) is 3.07. The lowest BCUT2D eigenvalue weighted by Gasteiger charge is -2.19. The van der Waals surface area contributed by atoms with Crippen molar-refractivity contribution in [2.75, 3.05) is 18.0 Å². The molecule has 0 saturated carbocycles. The van der Waals surface area contributed by atoms with Gasteiger partial charge in [-0.3, -0.25) is 0 Å². The van der Waals surface area contributed by atoms with Crippen molar-refractivity contribution in [3.05, 3.63) is 28.8 Å². The topological polar surface area (TPSA) is 27.0 Å². The first kappa shape index (κ1) is 11.3. The van der Waals surface area contributed by atoms with Gasteiger partial charge in [0.2, 0.25) is 0 Å². The van der Waals surface area contributed by atoms with Crippen LogP contribution in [-0.4, -0.2) is 13.1 Å². The van der Waals surface area contributed by atoms with Gasteiger partial charge in [-0.1, -0.05) is 25.4 Å². The summed E-state index contributed by atoms with van der Waals surface area (Å²) in [6, 6.07) is 7.69. The second-order valence-electron chi connectivity index (χ2n) is 4.63. The highest BCUT2D eigenvalue weighted by molar-refractivity contribution is 6.30. The van der Waals surface area contributed by atoms with Crippen LogP contribution in [0.4, 0.5) is 5.69 Å². The van der Waals surface area contributed by atoms with Crippen LogP contribution in [-0.2, 0) is 0 Å². The molecule has 1 aromatic carbocycles. The summed E-state index contributed by atoms with van der Waals surface area (Å²) in [5, 5.41) is 9.78. The van der Waals surface area contributed by atoms with E-state index in [1.165, 1.54) is 0 Å². The molecule has 0 N–H and O–H groups in total. The van der Waals surface area contributed by atoms with Crippen molar-refractivity contribution >= 4 is 17.3 Å². The van der Waals surface area contributed by atoms with Crippen molar-refractivity contribution in [2.24, 2.45) is 11.8 Å². The summed E-state index contributed by atoms with van der Waals surface area (Å²) in [5.41, 5.74) is 1.69. The number of hydrogen-bond donors (Lipinski definition) is 0. The molecule has 1 aliphatic heterocycles. The Labute approximate surface area is 101 Å². The van der Waals surface area contributed by atoms with Gasteiger partial charge in [0, 0.05) is 18.1 Å². The van der Waals surface area contributed by atoms with Crippen LogP contribution in [0.15, 0.2) is 18.2 Å². The van der Waals surface area contributed by atoms with Crippen LogP contribution in [0.25, 0.3) is 0 Å². The summed E-state index contributed by atoms with van der Waals surface area (Å²) in [6.07, 6.45) is 0. The lowest BCUT2D eigenvalue weighted by Crippen LogP contribution is -2.20. The number of anilines is 1. The maximum atomic E-state index is 9.08. The number of nitriles is 1. The first-order valence-electron chi connectivity index (χ1n) is 5.56. The molecule has 0 radical (unpaired) electrons. The van der Waals surface area contributed by atoms with Crippen LogP contribution in [0.3, 0.4) is 0 Å². The highest BCUT2D eigenvalue weighted by Crippen LogP contribution is 2.31. The molecular weight excluding hydrogens is 220 g/mol. The molecule has 0 bridgehead atoms. The summed E-state index contributed by atoms with van der Waals surface area (Å²) >= 11 is 5.99. The summed E-state index contributed by atoms with van der Waals surface area (Å²) in [6.45, 7) is 6.52. The molecule has 0 amide bonds. The summed E-state index contributed by atoms with van der Waals surface area (Å²) < 4.78 is 0. The molecular formula is C13H15ClN2. The molecule has 1 aliphatic rings. The van der Waals surface area contributed by atoms with Crippen molar-refractivity contribution in [1.29, 1.82) is 5.26 Å². The Balaban J connectivity index is 2.34. The monoisotopic (exact) mass is 234 g/mol. The summed E-state index contributed by atoms with van der Waals surface area (Å²) in [4.78, 5) is 2.26. The number of benzene rings is 1. The molecule has 1 fully saturated rings. The van der Waals surface area contributed by atoms with Crippen LogP contribution in [0, 0.1) is 23.2 Å². The molecule has 2 nitrogen and oxygen atoms in total. The van der Waals surface area contributed by atoms with E-state index in [9.17, 15) is 0 Å². The highest BCUT2D eigenvalue weighted by Gasteiger charge is 2.27. The van der Waals surface area contributed by atoms with Gasteiger partial charge in [0.1, 0.15) is 6.07 Å². The third-order valence-electron chi connectivity index (χ3n) is 3.41. The molecule has 16 heavy (non-hydrogen) atoms. The van der Waals surface area contributed by atoms with Gasteiger partial charge in [0.15, 0.2) is 0 Å². The van der Waals surface area contributed by atoms with Crippen LogP contribution in [0.1, 0.15) is 19.4 Å². The second-order valence-corrected chi connectivity index (χ2v) is 5.07. The Morgan fingerprint density at radius 3 is 2.50 bits per heavy atom. The largest absolute Gasteiger partial charge is 0.370 e. The standard InChI is InChI=1S/C13H15ClN2/c1-9-7-16(8-10(9)2)13-5-12(14)4-3-11(13)6-15/h3-5,9-10H,7-8H2,1-2H3. The first-order chi connectivity index (χ1) is 7.61. The molecule has 2 rings (SSSR count). The van der Waals surface area contributed by atoms with Crippen molar-refractivity contribution in [3.63, 3.8) is 0 Å². The normalized spacial score (nSPS) is 24.5. The van der Waals surface area contributed by atoms with E-state index >= 15 is 0 Å². The number of hydrogen-bond acceptors (Lipinski definition) is 2. The zero-order chi connectivity index (χ0) is 11.7. The van der Waals surface area contributed by atoms with Crippen LogP contribution in [0.2, 0.25) is 5.02 Å². The fraction of sp³-hybridized carbons (Fsp3) is 0.462. The zero-order valence-electron chi connectivity index (χ0n) is 9.57. The molecule has 3 heteroatoms. The Bertz CT molecular complexity index is 426. The number of nitrogens with zero attached hydrogens (tertiary/aromatic N) is 2. The van der Waals surface area contributed by atoms with Crippen molar-refractivity contribution in [2.45, 2.75) is 13.8 Å². The van der Waals surface area contributed by atoms with Gasteiger partial charge in [-0.15, -0.1) is 0 Å². The van der Waals surface area contributed by atoms with E-state index in [1.807, 2.05) is 6.07 Å². The van der Waals surface area contributed by atoms with Gasteiger partial charge in [-0.05, 0) is 30.0 Å². The molecule has 1 aromatic rings. The van der Waals surface area contributed by atoms with Crippen LogP contribution < -0.4 is 4.90 Å². The van der Waals surface area contributed by atoms with Gasteiger partial charge in [-0.2, -0.15) is 5.26 Å². The van der Waals surface area contributed by atoms with E-state index in [0.29, 0.717) is 22.4 Å². The fourth-order valence-electron chi connectivity index (χ4n) is 2.19. The van der Waals surface area contributed by atoms with Gasteiger partial charge in [-0.25, -0.2) is 0 Å². The third kappa shape index (κ3) is 2.01. The van der Waals surface area contributed by atoms with Gasteiger partial charge < -0.3 is 4.90 Å². The van der Waals surface area contributed by atoms with E-state index < -0.39 is 0 Å². The molecule has 0 aromatic heterocycles. The zero-order valence-corrected chi connectivity index (χ0v) is 10.3. The predicted molar refractivity (Wildman–Crippen MR) is 66.7 cm³/mol. The predicted octanol–water partition coefficient (Wildman–Crippen LogP) is 3.30. The van der Waals surface area contributed by atoms with Gasteiger partial charge in [0.25, 0.3) is 0 Å². The lowest BCUT2D eigenvalue weighted by atomic mass is 10.0. The summed E-state index contributed by atoms with van der Waals surface area (Å²) in [7, 11) is 0. The maximum absolute atomic E-state index is 9.08.